The van der Waals surface area contributed by atoms with E-state index in [4.69, 9.17) is 4.52 Å². The maximum Gasteiger partial charge on any atom is 0.147 e. The molecule has 0 saturated heterocycles. The van der Waals surface area contributed by atoms with Gasteiger partial charge in [0.2, 0.25) is 0 Å². The molecule has 0 aliphatic rings. The van der Waals surface area contributed by atoms with E-state index >= 15 is 0 Å². The van der Waals surface area contributed by atoms with Crippen LogP contribution in [0, 0.1) is 13.8 Å². The molecular weight excluding hydrogens is 256 g/mol. The van der Waals surface area contributed by atoms with Crippen molar-refractivity contribution < 1.29 is 4.52 Å². The molecule has 0 fully saturated rings. The maximum absolute atomic E-state index is 5.24. The topological polar surface area (TPSA) is 38.9 Å². The molecule has 3 aromatic rings. The van der Waals surface area contributed by atoms with E-state index in [1.807, 2.05) is 38.1 Å². The zero-order valence-electron chi connectivity index (χ0n) is 10.9. The van der Waals surface area contributed by atoms with Crippen molar-refractivity contribution in [3.05, 3.63) is 53.5 Å². The molecule has 2 aromatic heterocycles. The molecule has 4 heteroatoms. The lowest BCUT2D eigenvalue weighted by molar-refractivity contribution is 0.391. The maximum atomic E-state index is 5.24. The summed E-state index contributed by atoms with van der Waals surface area (Å²) in [5, 5.41) is 5.10. The van der Waals surface area contributed by atoms with E-state index in [2.05, 4.69) is 22.3 Å². The summed E-state index contributed by atoms with van der Waals surface area (Å²) >= 11 is 1.76. The van der Waals surface area contributed by atoms with E-state index in [0.717, 1.165) is 28.4 Å². The van der Waals surface area contributed by atoms with Gasteiger partial charge in [-0.3, -0.25) is 4.98 Å². The van der Waals surface area contributed by atoms with Crippen molar-refractivity contribution in [2.45, 2.75) is 24.5 Å². The predicted molar refractivity (Wildman–Crippen MR) is 77.3 cm³/mol. The second kappa shape index (κ2) is 5.05. The summed E-state index contributed by atoms with van der Waals surface area (Å²) in [5.74, 6) is 1.69. The van der Waals surface area contributed by atoms with Gasteiger partial charge < -0.3 is 4.52 Å². The standard InChI is InChI=1S/C15H14N2OS/c1-10-8-15(13-5-3-4-6-14(13)16-10)19-9-12-7-11(2)17-18-12/h3-8H,9H2,1-2H3. The van der Waals surface area contributed by atoms with E-state index in [0.29, 0.717) is 0 Å². The Kier molecular flexibility index (Phi) is 3.25. The number of fused-ring (bicyclic) bond motifs is 1. The molecule has 19 heavy (non-hydrogen) atoms. The Balaban J connectivity index is 1.91. The molecule has 0 aliphatic carbocycles. The van der Waals surface area contributed by atoms with Crippen LogP contribution < -0.4 is 0 Å². The number of thioether (sulfide) groups is 1. The number of aryl methyl sites for hydroxylation is 2. The quantitative estimate of drug-likeness (QED) is 0.671. The molecule has 2 heterocycles. The van der Waals surface area contributed by atoms with Gasteiger partial charge >= 0.3 is 0 Å². The van der Waals surface area contributed by atoms with Crippen LogP contribution in [0.3, 0.4) is 0 Å². The number of pyridine rings is 1. The molecule has 0 unspecified atom stereocenters. The highest BCUT2D eigenvalue weighted by molar-refractivity contribution is 7.98. The zero-order chi connectivity index (χ0) is 13.2. The highest BCUT2D eigenvalue weighted by Crippen LogP contribution is 2.30. The minimum atomic E-state index is 0.786. The fourth-order valence-electron chi connectivity index (χ4n) is 2.02. The summed E-state index contributed by atoms with van der Waals surface area (Å²) in [7, 11) is 0. The van der Waals surface area contributed by atoms with Crippen LogP contribution >= 0.6 is 11.8 Å². The highest BCUT2D eigenvalue weighted by atomic mass is 32.2. The Morgan fingerprint density at radius 1 is 1.11 bits per heavy atom. The molecule has 0 radical (unpaired) electrons. The molecule has 0 amide bonds. The molecule has 0 N–H and O–H groups in total. The third-order valence-electron chi connectivity index (χ3n) is 2.85. The van der Waals surface area contributed by atoms with Crippen LogP contribution in [0.15, 0.2) is 45.8 Å². The lowest BCUT2D eigenvalue weighted by atomic mass is 10.2. The Labute approximate surface area is 116 Å². The smallest absolute Gasteiger partial charge is 0.147 e. The summed E-state index contributed by atoms with van der Waals surface area (Å²) in [6.07, 6.45) is 0. The third kappa shape index (κ3) is 2.63. The number of benzene rings is 1. The van der Waals surface area contributed by atoms with Gasteiger partial charge in [0, 0.05) is 22.0 Å². The first-order valence-corrected chi connectivity index (χ1v) is 7.12. The largest absolute Gasteiger partial charge is 0.360 e. The number of aromatic nitrogens is 2. The second-order valence-corrected chi connectivity index (χ2v) is 5.52. The van der Waals surface area contributed by atoms with E-state index in [-0.39, 0.29) is 0 Å². The molecule has 0 saturated carbocycles. The first-order valence-electron chi connectivity index (χ1n) is 6.14. The van der Waals surface area contributed by atoms with Crippen LogP contribution in [0.5, 0.6) is 0 Å². The molecule has 0 bridgehead atoms. The number of rotatable bonds is 3. The van der Waals surface area contributed by atoms with Gasteiger partial charge in [-0.15, -0.1) is 11.8 Å². The van der Waals surface area contributed by atoms with Crippen molar-refractivity contribution in [3.8, 4) is 0 Å². The SMILES string of the molecule is Cc1cc(CSc2cc(C)nc3ccccc23)on1. The van der Waals surface area contributed by atoms with Crippen molar-refractivity contribution in [2.24, 2.45) is 0 Å². The van der Waals surface area contributed by atoms with Crippen molar-refractivity contribution in [1.29, 1.82) is 0 Å². The van der Waals surface area contributed by atoms with Crippen LogP contribution in [0.4, 0.5) is 0 Å². The normalized spacial score (nSPS) is 11.1. The second-order valence-electron chi connectivity index (χ2n) is 4.50. The molecule has 0 spiro atoms. The van der Waals surface area contributed by atoms with Gasteiger partial charge in [-0.2, -0.15) is 0 Å². The summed E-state index contributed by atoms with van der Waals surface area (Å²) in [4.78, 5) is 5.78. The van der Waals surface area contributed by atoms with Gasteiger partial charge in [0.1, 0.15) is 5.76 Å². The molecule has 0 atom stereocenters. The van der Waals surface area contributed by atoms with E-state index in [1.165, 1.54) is 10.3 Å². The first-order chi connectivity index (χ1) is 9.22. The van der Waals surface area contributed by atoms with Crippen LogP contribution in [0.25, 0.3) is 10.9 Å². The Hall–Kier alpha value is -1.81. The van der Waals surface area contributed by atoms with Gasteiger partial charge in [0.05, 0.1) is 17.0 Å². The highest BCUT2D eigenvalue weighted by Gasteiger charge is 2.07. The Morgan fingerprint density at radius 3 is 2.74 bits per heavy atom. The van der Waals surface area contributed by atoms with Gasteiger partial charge in [-0.25, -0.2) is 0 Å². The van der Waals surface area contributed by atoms with Gasteiger partial charge in [0.25, 0.3) is 0 Å². The van der Waals surface area contributed by atoms with Crippen LogP contribution in [-0.2, 0) is 5.75 Å². The average Bonchev–Trinajstić information content (AvgIpc) is 2.81. The number of hydrogen-bond donors (Lipinski definition) is 0. The fourth-order valence-corrected chi connectivity index (χ4v) is 3.04. The van der Waals surface area contributed by atoms with Crippen LogP contribution in [-0.4, -0.2) is 10.1 Å². The summed E-state index contributed by atoms with van der Waals surface area (Å²) in [5.41, 5.74) is 3.00. The fraction of sp³-hybridized carbons (Fsp3) is 0.200. The minimum absolute atomic E-state index is 0.786. The lowest BCUT2D eigenvalue weighted by Gasteiger charge is -2.06. The van der Waals surface area contributed by atoms with Crippen molar-refractivity contribution in [1.82, 2.24) is 10.1 Å². The van der Waals surface area contributed by atoms with Crippen LogP contribution in [0.1, 0.15) is 17.1 Å². The van der Waals surface area contributed by atoms with Gasteiger partial charge in [0.15, 0.2) is 0 Å². The van der Waals surface area contributed by atoms with E-state index in [1.54, 1.807) is 11.8 Å². The first kappa shape index (κ1) is 12.2. The summed E-state index contributed by atoms with van der Waals surface area (Å²) < 4.78 is 5.24. The molecular formula is C15H14N2OS. The number of nitrogens with zero attached hydrogens (tertiary/aromatic N) is 2. The van der Waals surface area contributed by atoms with Crippen molar-refractivity contribution >= 4 is 22.7 Å². The Morgan fingerprint density at radius 2 is 1.95 bits per heavy atom. The third-order valence-corrected chi connectivity index (χ3v) is 3.93. The minimum Gasteiger partial charge on any atom is -0.360 e. The average molecular weight is 270 g/mol. The molecule has 3 nitrogen and oxygen atoms in total. The van der Waals surface area contributed by atoms with Crippen molar-refractivity contribution in [3.63, 3.8) is 0 Å². The molecule has 3 rings (SSSR count). The van der Waals surface area contributed by atoms with Gasteiger partial charge in [-0.1, -0.05) is 23.4 Å². The van der Waals surface area contributed by atoms with E-state index < -0.39 is 0 Å². The predicted octanol–water partition coefficient (Wildman–Crippen LogP) is 4.13. The van der Waals surface area contributed by atoms with Crippen molar-refractivity contribution in [2.75, 3.05) is 0 Å². The molecule has 1 aromatic carbocycles. The summed E-state index contributed by atoms with van der Waals surface area (Å²) in [6, 6.07) is 12.3. The zero-order valence-corrected chi connectivity index (χ0v) is 11.7. The van der Waals surface area contributed by atoms with Crippen LogP contribution in [0.2, 0.25) is 0 Å². The number of hydrogen-bond acceptors (Lipinski definition) is 4. The number of para-hydroxylation sites is 1. The summed E-state index contributed by atoms with van der Waals surface area (Å²) in [6.45, 7) is 3.96. The Bertz CT molecular complexity index is 721. The van der Waals surface area contributed by atoms with E-state index in [9.17, 15) is 0 Å². The lowest BCUT2D eigenvalue weighted by Crippen LogP contribution is -1.87. The molecule has 96 valence electrons. The van der Waals surface area contributed by atoms with Gasteiger partial charge in [-0.05, 0) is 26.0 Å². The monoisotopic (exact) mass is 270 g/mol. The molecule has 0 aliphatic heterocycles.